The first-order valence-corrected chi connectivity index (χ1v) is 8.48. The van der Waals surface area contributed by atoms with E-state index in [0.29, 0.717) is 31.2 Å². The second kappa shape index (κ2) is 7.39. The van der Waals surface area contributed by atoms with Gasteiger partial charge in [0.25, 0.3) is 0 Å². The molecule has 0 aliphatic heterocycles. The number of benzene rings is 1. The average molecular weight is 329 g/mol. The second-order valence-electron chi connectivity index (χ2n) is 5.27. The number of thiophene rings is 1. The summed E-state index contributed by atoms with van der Waals surface area (Å²) in [6, 6.07) is 13.9. The van der Waals surface area contributed by atoms with Crippen molar-refractivity contribution in [1.82, 2.24) is 10.1 Å². The number of aliphatic hydroxyl groups is 1. The highest BCUT2D eigenvalue weighted by Gasteiger charge is 2.16. The van der Waals surface area contributed by atoms with E-state index in [2.05, 4.69) is 15.0 Å². The minimum absolute atomic E-state index is 0.394. The molecule has 0 radical (unpaired) electrons. The molecule has 0 amide bonds. The normalized spacial score (nSPS) is 12.3. The van der Waals surface area contributed by atoms with Crippen molar-refractivity contribution in [3.8, 4) is 10.7 Å². The van der Waals surface area contributed by atoms with E-state index in [1.165, 1.54) is 0 Å². The maximum absolute atomic E-state index is 10.0. The Morgan fingerprint density at radius 1 is 1.22 bits per heavy atom. The summed E-state index contributed by atoms with van der Waals surface area (Å²) in [7, 11) is 0. The first kappa shape index (κ1) is 15.7. The van der Waals surface area contributed by atoms with Gasteiger partial charge in [0.2, 0.25) is 11.7 Å². The summed E-state index contributed by atoms with van der Waals surface area (Å²) in [5.41, 5.74) is 1.02. The van der Waals surface area contributed by atoms with Crippen LogP contribution < -0.4 is 4.90 Å². The summed E-state index contributed by atoms with van der Waals surface area (Å²) in [6.45, 7) is 2.96. The number of nitrogens with zero attached hydrogens (tertiary/aromatic N) is 3. The van der Waals surface area contributed by atoms with Crippen LogP contribution >= 0.6 is 11.3 Å². The fourth-order valence-electron chi connectivity index (χ4n) is 2.27. The molecule has 0 aliphatic rings. The van der Waals surface area contributed by atoms with Crippen LogP contribution in [0, 0.1) is 0 Å². The highest BCUT2D eigenvalue weighted by molar-refractivity contribution is 7.13. The van der Waals surface area contributed by atoms with Gasteiger partial charge in [0.05, 0.1) is 17.5 Å². The van der Waals surface area contributed by atoms with Gasteiger partial charge in [0.15, 0.2) is 0 Å². The third-order valence-electron chi connectivity index (χ3n) is 3.56. The van der Waals surface area contributed by atoms with Crippen molar-refractivity contribution in [2.24, 2.45) is 0 Å². The number of rotatable bonds is 7. The molecule has 1 aromatic carbocycles. The van der Waals surface area contributed by atoms with Crippen LogP contribution in [0.15, 0.2) is 52.4 Å². The largest absolute Gasteiger partial charge is 0.391 e. The Balaban J connectivity index is 1.78. The number of para-hydroxylation sites is 1. The van der Waals surface area contributed by atoms with Crippen LogP contribution in [0.4, 0.5) is 5.69 Å². The third-order valence-corrected chi connectivity index (χ3v) is 4.43. The zero-order valence-electron chi connectivity index (χ0n) is 12.9. The predicted molar refractivity (Wildman–Crippen MR) is 91.4 cm³/mol. The lowest BCUT2D eigenvalue weighted by Gasteiger charge is -2.25. The number of anilines is 1. The molecule has 1 N–H and O–H groups in total. The van der Waals surface area contributed by atoms with Crippen LogP contribution in [0.1, 0.15) is 19.2 Å². The third kappa shape index (κ3) is 3.97. The molecule has 0 bridgehead atoms. The van der Waals surface area contributed by atoms with E-state index < -0.39 is 6.10 Å². The molecule has 120 valence electrons. The summed E-state index contributed by atoms with van der Waals surface area (Å²) in [5, 5.41) is 16.0. The molecule has 0 saturated heterocycles. The van der Waals surface area contributed by atoms with Crippen molar-refractivity contribution in [2.75, 3.05) is 11.4 Å². The molecular formula is C17H19N3O2S. The molecule has 3 rings (SSSR count). The standard InChI is InChI=1S/C17H19N3O2S/c1-2-14(21)11-20(13-7-4-3-5-8-13)12-16-18-17(19-22-16)15-9-6-10-23-15/h3-10,14,21H,2,11-12H2,1H3. The molecule has 5 nitrogen and oxygen atoms in total. The molecule has 1 atom stereocenters. The SMILES string of the molecule is CCC(O)CN(Cc1nc(-c2cccs2)no1)c1ccccc1. The molecule has 0 aliphatic carbocycles. The Morgan fingerprint density at radius 2 is 2.04 bits per heavy atom. The maximum Gasteiger partial charge on any atom is 0.246 e. The van der Waals surface area contributed by atoms with Gasteiger partial charge in [-0.15, -0.1) is 11.3 Å². The van der Waals surface area contributed by atoms with Crippen molar-refractivity contribution in [2.45, 2.75) is 26.0 Å². The molecule has 0 spiro atoms. The van der Waals surface area contributed by atoms with E-state index in [-0.39, 0.29) is 0 Å². The first-order valence-electron chi connectivity index (χ1n) is 7.60. The van der Waals surface area contributed by atoms with Gasteiger partial charge in [0, 0.05) is 12.2 Å². The van der Waals surface area contributed by atoms with Gasteiger partial charge >= 0.3 is 0 Å². The van der Waals surface area contributed by atoms with Gasteiger partial charge in [-0.2, -0.15) is 4.98 Å². The van der Waals surface area contributed by atoms with Crippen LogP contribution in [-0.4, -0.2) is 27.9 Å². The van der Waals surface area contributed by atoms with Gasteiger partial charge in [0.1, 0.15) is 0 Å². The number of aliphatic hydroxyl groups excluding tert-OH is 1. The molecule has 0 fully saturated rings. The summed E-state index contributed by atoms with van der Waals surface area (Å²) in [4.78, 5) is 7.50. The Labute approximate surface area is 139 Å². The molecule has 0 saturated carbocycles. The summed E-state index contributed by atoms with van der Waals surface area (Å²) in [5.74, 6) is 1.15. The summed E-state index contributed by atoms with van der Waals surface area (Å²) >= 11 is 1.58. The van der Waals surface area contributed by atoms with Crippen LogP contribution in [-0.2, 0) is 6.54 Å². The Hall–Kier alpha value is -2.18. The minimum atomic E-state index is -0.394. The predicted octanol–water partition coefficient (Wildman–Crippen LogP) is 3.58. The van der Waals surface area contributed by atoms with E-state index in [1.807, 2.05) is 54.8 Å². The lowest BCUT2D eigenvalue weighted by atomic mass is 10.2. The van der Waals surface area contributed by atoms with Crippen molar-refractivity contribution < 1.29 is 9.63 Å². The van der Waals surface area contributed by atoms with E-state index in [1.54, 1.807) is 11.3 Å². The monoisotopic (exact) mass is 329 g/mol. The van der Waals surface area contributed by atoms with Gasteiger partial charge in [-0.05, 0) is 30.0 Å². The molecule has 23 heavy (non-hydrogen) atoms. The minimum Gasteiger partial charge on any atom is -0.391 e. The smallest absolute Gasteiger partial charge is 0.246 e. The fourth-order valence-corrected chi connectivity index (χ4v) is 2.92. The zero-order valence-corrected chi connectivity index (χ0v) is 13.7. The van der Waals surface area contributed by atoms with Crippen molar-refractivity contribution in [3.05, 3.63) is 53.7 Å². The zero-order chi connectivity index (χ0) is 16.1. The lowest BCUT2D eigenvalue weighted by Crippen LogP contribution is -2.31. The molecule has 2 heterocycles. The number of hydrogen-bond donors (Lipinski definition) is 1. The molecule has 2 aromatic heterocycles. The van der Waals surface area contributed by atoms with Crippen molar-refractivity contribution in [3.63, 3.8) is 0 Å². The van der Waals surface area contributed by atoms with Crippen LogP contribution in [0.3, 0.4) is 0 Å². The Morgan fingerprint density at radius 3 is 2.74 bits per heavy atom. The average Bonchev–Trinajstić information content (AvgIpc) is 3.26. The second-order valence-corrected chi connectivity index (χ2v) is 6.21. The van der Waals surface area contributed by atoms with Crippen LogP contribution in [0.25, 0.3) is 10.7 Å². The molecular weight excluding hydrogens is 310 g/mol. The summed E-state index contributed by atoms with van der Waals surface area (Å²) in [6.07, 6.45) is 0.308. The van der Waals surface area contributed by atoms with Gasteiger partial charge in [-0.1, -0.05) is 36.3 Å². The lowest BCUT2D eigenvalue weighted by molar-refractivity contribution is 0.174. The quantitative estimate of drug-likeness (QED) is 0.718. The van der Waals surface area contributed by atoms with E-state index in [9.17, 15) is 5.11 Å². The Bertz CT molecular complexity index is 713. The van der Waals surface area contributed by atoms with Crippen LogP contribution in [0.2, 0.25) is 0 Å². The van der Waals surface area contributed by atoms with Crippen molar-refractivity contribution >= 4 is 17.0 Å². The van der Waals surface area contributed by atoms with Gasteiger partial charge < -0.3 is 14.5 Å². The van der Waals surface area contributed by atoms with Crippen molar-refractivity contribution in [1.29, 1.82) is 0 Å². The number of aromatic nitrogens is 2. The van der Waals surface area contributed by atoms with Crippen LogP contribution in [0.5, 0.6) is 0 Å². The number of hydrogen-bond acceptors (Lipinski definition) is 6. The van der Waals surface area contributed by atoms with E-state index in [4.69, 9.17) is 4.52 Å². The first-order chi connectivity index (χ1) is 11.3. The highest BCUT2D eigenvalue weighted by atomic mass is 32.1. The molecule has 3 aromatic rings. The van der Waals surface area contributed by atoms with E-state index in [0.717, 1.165) is 10.6 Å². The maximum atomic E-state index is 10.0. The molecule has 6 heteroatoms. The van der Waals surface area contributed by atoms with Gasteiger partial charge in [-0.25, -0.2) is 0 Å². The summed E-state index contributed by atoms with van der Waals surface area (Å²) < 4.78 is 5.38. The Kier molecular flexibility index (Phi) is 5.05. The van der Waals surface area contributed by atoms with E-state index >= 15 is 0 Å². The van der Waals surface area contributed by atoms with Gasteiger partial charge in [-0.3, -0.25) is 0 Å². The molecule has 1 unspecified atom stereocenters. The highest BCUT2D eigenvalue weighted by Crippen LogP contribution is 2.23. The topological polar surface area (TPSA) is 62.4 Å². The fraction of sp³-hybridized carbons (Fsp3) is 0.294.